The van der Waals surface area contributed by atoms with Crippen molar-refractivity contribution in [2.45, 2.75) is 40.2 Å². The first kappa shape index (κ1) is 14.8. The van der Waals surface area contributed by atoms with E-state index in [1.54, 1.807) is 0 Å². The molecule has 0 spiro atoms. The van der Waals surface area contributed by atoms with Gasteiger partial charge in [-0.3, -0.25) is 0 Å². The van der Waals surface area contributed by atoms with Crippen molar-refractivity contribution in [3.63, 3.8) is 0 Å². The fraction of sp³-hybridized carbons (Fsp3) is 0.615. The average Bonchev–Trinajstić information content (AvgIpc) is 2.21. The highest BCUT2D eigenvalue weighted by Crippen LogP contribution is 2.26. The number of halogens is 2. The van der Waals surface area contributed by atoms with Crippen molar-refractivity contribution in [3.05, 3.63) is 22.3 Å². The molecule has 0 amide bonds. The van der Waals surface area contributed by atoms with E-state index in [0.29, 0.717) is 11.9 Å². The minimum absolute atomic E-state index is 0.164. The monoisotopic (exact) mass is 318 g/mol. The van der Waals surface area contributed by atoms with Crippen LogP contribution in [0.2, 0.25) is 0 Å². The third-order valence-corrected chi connectivity index (χ3v) is 3.84. The Morgan fingerprint density at radius 1 is 1.41 bits per heavy atom. The van der Waals surface area contributed by atoms with Gasteiger partial charge in [-0.25, -0.2) is 4.98 Å². The lowest BCUT2D eigenvalue weighted by Gasteiger charge is -2.31. The number of hydrogen-bond acceptors (Lipinski definition) is 2. The van der Waals surface area contributed by atoms with Gasteiger partial charge in [0.05, 0.1) is 5.69 Å². The van der Waals surface area contributed by atoms with Crippen molar-refractivity contribution in [1.82, 2.24) is 4.98 Å². The molecule has 0 radical (unpaired) electrons. The number of anilines is 1. The van der Waals surface area contributed by atoms with Crippen molar-refractivity contribution < 1.29 is 0 Å². The topological polar surface area (TPSA) is 24.9 Å². The minimum atomic E-state index is 0.164. The SMILES string of the molecule is Cc1nc(NC(CCCl)C(C)(C)C)ccc1Br. The Labute approximate surface area is 117 Å². The number of nitrogens with zero attached hydrogens (tertiary/aromatic N) is 1. The van der Waals surface area contributed by atoms with Crippen LogP contribution in [0.15, 0.2) is 16.6 Å². The Morgan fingerprint density at radius 2 is 2.06 bits per heavy atom. The van der Waals surface area contributed by atoms with Gasteiger partial charge in [0, 0.05) is 16.4 Å². The van der Waals surface area contributed by atoms with Crippen LogP contribution >= 0.6 is 27.5 Å². The molecule has 1 unspecified atom stereocenters. The van der Waals surface area contributed by atoms with Crippen LogP contribution in [0, 0.1) is 12.3 Å². The minimum Gasteiger partial charge on any atom is -0.367 e. The van der Waals surface area contributed by atoms with Crippen LogP contribution in [0.25, 0.3) is 0 Å². The highest BCUT2D eigenvalue weighted by Gasteiger charge is 2.24. The number of hydrogen-bond donors (Lipinski definition) is 1. The summed E-state index contributed by atoms with van der Waals surface area (Å²) in [4.78, 5) is 4.51. The highest BCUT2D eigenvalue weighted by molar-refractivity contribution is 9.10. The van der Waals surface area contributed by atoms with Gasteiger partial charge in [0.25, 0.3) is 0 Å². The van der Waals surface area contributed by atoms with Crippen molar-refractivity contribution >= 4 is 33.3 Å². The molecule has 96 valence electrons. The molecule has 1 aromatic rings. The molecule has 1 aromatic heterocycles. The number of alkyl halides is 1. The molecule has 1 heterocycles. The number of nitrogens with one attached hydrogen (secondary N) is 1. The smallest absolute Gasteiger partial charge is 0.126 e. The molecule has 0 saturated carbocycles. The molecular weight excluding hydrogens is 300 g/mol. The number of rotatable bonds is 4. The molecule has 0 fully saturated rings. The van der Waals surface area contributed by atoms with Crippen molar-refractivity contribution in [2.24, 2.45) is 5.41 Å². The zero-order valence-corrected chi connectivity index (χ0v) is 13.2. The first-order valence-electron chi connectivity index (χ1n) is 5.80. The number of aromatic nitrogens is 1. The van der Waals surface area contributed by atoms with Gasteiger partial charge in [-0.2, -0.15) is 0 Å². The van der Waals surface area contributed by atoms with Gasteiger partial charge in [-0.1, -0.05) is 20.8 Å². The zero-order valence-electron chi connectivity index (χ0n) is 10.8. The first-order valence-corrected chi connectivity index (χ1v) is 7.13. The Bertz CT molecular complexity index is 374. The Kier molecular flexibility index (Phi) is 5.26. The molecule has 0 aliphatic heterocycles. The lowest BCUT2D eigenvalue weighted by Crippen LogP contribution is -2.34. The largest absolute Gasteiger partial charge is 0.367 e. The van der Waals surface area contributed by atoms with E-state index < -0.39 is 0 Å². The summed E-state index contributed by atoms with van der Waals surface area (Å²) in [7, 11) is 0. The highest BCUT2D eigenvalue weighted by atomic mass is 79.9. The number of pyridine rings is 1. The van der Waals surface area contributed by atoms with E-state index in [4.69, 9.17) is 11.6 Å². The van der Waals surface area contributed by atoms with Crippen molar-refractivity contribution in [2.75, 3.05) is 11.2 Å². The summed E-state index contributed by atoms with van der Waals surface area (Å²) in [6.45, 7) is 8.62. The van der Waals surface area contributed by atoms with Gasteiger partial charge in [0.1, 0.15) is 5.82 Å². The quantitative estimate of drug-likeness (QED) is 0.820. The van der Waals surface area contributed by atoms with Crippen LogP contribution in [0.3, 0.4) is 0 Å². The standard InChI is InChI=1S/C13H20BrClN2/c1-9-10(14)5-6-12(16-9)17-11(7-8-15)13(2,3)4/h5-6,11H,7-8H2,1-4H3,(H,16,17). The average molecular weight is 320 g/mol. The molecular formula is C13H20BrClN2. The van der Waals surface area contributed by atoms with Crippen LogP contribution in [0.5, 0.6) is 0 Å². The van der Waals surface area contributed by atoms with Gasteiger partial charge in [-0.15, -0.1) is 11.6 Å². The van der Waals surface area contributed by atoms with E-state index in [-0.39, 0.29) is 5.41 Å². The Hall–Kier alpha value is -0.280. The molecule has 2 nitrogen and oxygen atoms in total. The molecule has 1 N–H and O–H groups in total. The summed E-state index contributed by atoms with van der Waals surface area (Å²) < 4.78 is 1.03. The van der Waals surface area contributed by atoms with Crippen LogP contribution in [0.4, 0.5) is 5.82 Å². The molecule has 1 atom stereocenters. The maximum Gasteiger partial charge on any atom is 0.126 e. The van der Waals surface area contributed by atoms with Crippen LogP contribution in [-0.4, -0.2) is 16.9 Å². The molecule has 1 rings (SSSR count). The van der Waals surface area contributed by atoms with Crippen LogP contribution in [-0.2, 0) is 0 Å². The van der Waals surface area contributed by atoms with Crippen molar-refractivity contribution in [1.29, 1.82) is 0 Å². The number of aryl methyl sites for hydroxylation is 1. The van der Waals surface area contributed by atoms with Crippen LogP contribution < -0.4 is 5.32 Å². The molecule has 4 heteroatoms. The van der Waals surface area contributed by atoms with Gasteiger partial charge in [-0.05, 0) is 46.8 Å². The molecule has 0 aliphatic carbocycles. The predicted molar refractivity (Wildman–Crippen MR) is 78.9 cm³/mol. The second kappa shape index (κ2) is 6.05. The summed E-state index contributed by atoms with van der Waals surface area (Å²) in [5.41, 5.74) is 1.16. The summed E-state index contributed by atoms with van der Waals surface area (Å²) >= 11 is 9.31. The van der Waals surface area contributed by atoms with E-state index in [1.165, 1.54) is 0 Å². The summed E-state index contributed by atoms with van der Waals surface area (Å²) in [6.07, 6.45) is 0.932. The van der Waals surface area contributed by atoms with Crippen LogP contribution in [0.1, 0.15) is 32.9 Å². The molecule has 0 aromatic carbocycles. The first-order chi connectivity index (χ1) is 7.84. The van der Waals surface area contributed by atoms with E-state index in [1.807, 2.05) is 19.1 Å². The fourth-order valence-corrected chi connectivity index (χ4v) is 2.07. The Balaban J connectivity index is 2.82. The predicted octanol–water partition coefficient (Wildman–Crippen LogP) is 4.61. The zero-order chi connectivity index (χ0) is 13.1. The van der Waals surface area contributed by atoms with E-state index in [9.17, 15) is 0 Å². The lowest BCUT2D eigenvalue weighted by molar-refractivity contribution is 0.334. The maximum absolute atomic E-state index is 5.86. The second-order valence-corrected chi connectivity index (χ2v) is 6.54. The molecule has 0 saturated heterocycles. The van der Waals surface area contributed by atoms with Gasteiger partial charge >= 0.3 is 0 Å². The van der Waals surface area contributed by atoms with Gasteiger partial charge in [0.15, 0.2) is 0 Å². The molecule has 17 heavy (non-hydrogen) atoms. The van der Waals surface area contributed by atoms with E-state index in [2.05, 4.69) is 47.0 Å². The van der Waals surface area contributed by atoms with E-state index in [0.717, 1.165) is 22.4 Å². The normalized spacial score (nSPS) is 13.5. The summed E-state index contributed by atoms with van der Waals surface area (Å²) in [6, 6.07) is 4.34. The fourth-order valence-electron chi connectivity index (χ4n) is 1.63. The van der Waals surface area contributed by atoms with Gasteiger partial charge < -0.3 is 5.32 Å². The van der Waals surface area contributed by atoms with E-state index >= 15 is 0 Å². The Morgan fingerprint density at radius 3 is 2.53 bits per heavy atom. The summed E-state index contributed by atoms with van der Waals surface area (Å²) in [5, 5.41) is 3.47. The second-order valence-electron chi connectivity index (χ2n) is 5.30. The third kappa shape index (κ3) is 4.47. The van der Waals surface area contributed by atoms with Crippen molar-refractivity contribution in [3.8, 4) is 0 Å². The lowest BCUT2D eigenvalue weighted by atomic mass is 9.85. The molecule has 0 bridgehead atoms. The van der Waals surface area contributed by atoms with Gasteiger partial charge in [0.2, 0.25) is 0 Å². The third-order valence-electron chi connectivity index (χ3n) is 2.79. The molecule has 0 aliphatic rings. The maximum atomic E-state index is 5.86. The summed E-state index contributed by atoms with van der Waals surface area (Å²) in [5.74, 6) is 1.57.